The molecule has 1 amide bonds. The Kier molecular flexibility index (Phi) is 7.35. The third kappa shape index (κ3) is 6.04. The van der Waals surface area contributed by atoms with Crippen LogP contribution in [0.25, 0.3) is 6.08 Å². The Bertz CT molecular complexity index is 724. The molecule has 0 radical (unpaired) electrons. The number of nitrogens with zero attached hydrogens (tertiary/aromatic N) is 1. The summed E-state index contributed by atoms with van der Waals surface area (Å²) in [6.45, 7) is 3.56. The number of amides is 1. The summed E-state index contributed by atoms with van der Waals surface area (Å²) < 4.78 is 0. The number of anilines is 1. The van der Waals surface area contributed by atoms with E-state index in [1.54, 1.807) is 6.08 Å². The molecule has 1 N–H and O–H groups in total. The van der Waals surface area contributed by atoms with Gasteiger partial charge in [0.05, 0.1) is 5.69 Å². The van der Waals surface area contributed by atoms with E-state index in [-0.39, 0.29) is 5.91 Å². The molecule has 0 unspecified atom stereocenters. The van der Waals surface area contributed by atoms with Crippen LogP contribution < -0.4 is 5.32 Å². The molecule has 0 aliphatic carbocycles. The van der Waals surface area contributed by atoms with Gasteiger partial charge < -0.3 is 10.2 Å². The monoisotopic (exact) mass is 366 g/mol. The largest absolute Gasteiger partial charge is 0.321 e. The fourth-order valence-electron chi connectivity index (χ4n) is 3.07. The molecule has 1 heterocycles. The number of piperidine rings is 1. The molecule has 3 nitrogen and oxygen atoms in total. The molecule has 1 saturated heterocycles. The van der Waals surface area contributed by atoms with E-state index in [0.717, 1.165) is 28.4 Å². The lowest BCUT2D eigenvalue weighted by Gasteiger charge is -2.26. The van der Waals surface area contributed by atoms with E-state index in [1.165, 1.54) is 32.4 Å². The Morgan fingerprint density at radius 1 is 1.00 bits per heavy atom. The molecule has 1 aliphatic rings. The Morgan fingerprint density at radius 2 is 1.73 bits per heavy atom. The van der Waals surface area contributed by atoms with Crippen LogP contribution in [0.15, 0.2) is 65.6 Å². The summed E-state index contributed by atoms with van der Waals surface area (Å²) in [5, 5.41) is 3.01. The topological polar surface area (TPSA) is 32.3 Å². The lowest BCUT2D eigenvalue weighted by molar-refractivity contribution is -0.111. The fourth-order valence-corrected chi connectivity index (χ4v) is 4.09. The first-order valence-corrected chi connectivity index (χ1v) is 10.3. The van der Waals surface area contributed by atoms with Gasteiger partial charge in [-0.2, -0.15) is 0 Å². The summed E-state index contributed by atoms with van der Waals surface area (Å²) in [6.07, 6.45) is 7.44. The van der Waals surface area contributed by atoms with Crippen LogP contribution in [0.4, 0.5) is 5.69 Å². The first-order chi connectivity index (χ1) is 12.8. The van der Waals surface area contributed by atoms with Gasteiger partial charge in [-0.3, -0.25) is 4.79 Å². The van der Waals surface area contributed by atoms with Crippen LogP contribution in [0.5, 0.6) is 0 Å². The molecule has 0 atom stereocenters. The number of carbonyl (C=O) groups excluding carboxylic acids is 1. The number of likely N-dealkylation sites (tertiary alicyclic amines) is 1. The van der Waals surface area contributed by atoms with E-state index < -0.39 is 0 Å². The molecule has 1 fully saturated rings. The lowest BCUT2D eigenvalue weighted by Crippen LogP contribution is -2.31. The summed E-state index contributed by atoms with van der Waals surface area (Å²) in [7, 11) is 0. The van der Waals surface area contributed by atoms with Crippen molar-refractivity contribution >= 4 is 29.4 Å². The average molecular weight is 367 g/mol. The minimum atomic E-state index is -0.0991. The van der Waals surface area contributed by atoms with Crippen molar-refractivity contribution in [2.24, 2.45) is 0 Å². The molecule has 3 rings (SSSR count). The van der Waals surface area contributed by atoms with Crippen LogP contribution in [-0.2, 0) is 4.79 Å². The van der Waals surface area contributed by atoms with Crippen molar-refractivity contribution in [1.29, 1.82) is 0 Å². The van der Waals surface area contributed by atoms with Crippen LogP contribution >= 0.6 is 11.8 Å². The smallest absolute Gasteiger partial charge is 0.248 e. The van der Waals surface area contributed by atoms with Gasteiger partial charge in [-0.15, -0.1) is 11.8 Å². The zero-order chi connectivity index (χ0) is 18.0. The van der Waals surface area contributed by atoms with E-state index in [0.29, 0.717) is 0 Å². The Morgan fingerprint density at radius 3 is 2.54 bits per heavy atom. The molecule has 0 bridgehead atoms. The van der Waals surface area contributed by atoms with Gasteiger partial charge in [0.2, 0.25) is 5.91 Å². The second-order valence-electron chi connectivity index (χ2n) is 6.48. The lowest BCUT2D eigenvalue weighted by atomic mass is 10.1. The third-order valence-electron chi connectivity index (χ3n) is 4.49. The van der Waals surface area contributed by atoms with Crippen LogP contribution in [0, 0.1) is 0 Å². The van der Waals surface area contributed by atoms with Crippen molar-refractivity contribution in [3.8, 4) is 0 Å². The van der Waals surface area contributed by atoms with Crippen LogP contribution in [0.3, 0.4) is 0 Å². The molecular formula is C22H26N2OS. The van der Waals surface area contributed by atoms with Gasteiger partial charge in [-0.1, -0.05) is 48.9 Å². The second kappa shape index (κ2) is 10.2. The zero-order valence-electron chi connectivity index (χ0n) is 15.1. The predicted molar refractivity (Wildman–Crippen MR) is 112 cm³/mol. The van der Waals surface area contributed by atoms with E-state index in [1.807, 2.05) is 66.4 Å². The molecule has 26 heavy (non-hydrogen) atoms. The quantitative estimate of drug-likeness (QED) is 0.558. The predicted octanol–water partition coefficient (Wildman–Crippen LogP) is 4.92. The van der Waals surface area contributed by atoms with Crippen molar-refractivity contribution in [3.63, 3.8) is 0 Å². The number of thioether (sulfide) groups is 1. The SMILES string of the molecule is O=C(/C=C/c1ccccc1)Nc1ccccc1SCCN1CCCCC1. The van der Waals surface area contributed by atoms with Gasteiger partial charge in [0.15, 0.2) is 0 Å². The minimum absolute atomic E-state index is 0.0991. The first kappa shape index (κ1) is 18.7. The summed E-state index contributed by atoms with van der Waals surface area (Å²) >= 11 is 1.82. The molecule has 1 aliphatic heterocycles. The Balaban J connectivity index is 1.52. The summed E-state index contributed by atoms with van der Waals surface area (Å²) in [5.74, 6) is 0.949. The number of rotatable bonds is 7. The molecule has 136 valence electrons. The highest BCUT2D eigenvalue weighted by Gasteiger charge is 2.10. The maximum absolute atomic E-state index is 12.2. The van der Waals surface area contributed by atoms with Crippen molar-refractivity contribution in [2.75, 3.05) is 30.7 Å². The van der Waals surface area contributed by atoms with Gasteiger partial charge in [0.25, 0.3) is 0 Å². The molecule has 2 aromatic rings. The van der Waals surface area contributed by atoms with E-state index in [4.69, 9.17) is 0 Å². The Labute approximate surface area is 160 Å². The van der Waals surface area contributed by atoms with E-state index in [2.05, 4.69) is 16.3 Å². The van der Waals surface area contributed by atoms with Gasteiger partial charge >= 0.3 is 0 Å². The normalized spacial score (nSPS) is 15.2. The molecular weight excluding hydrogens is 340 g/mol. The number of nitrogens with one attached hydrogen (secondary N) is 1. The maximum Gasteiger partial charge on any atom is 0.248 e. The summed E-state index contributed by atoms with van der Waals surface area (Å²) in [6, 6.07) is 17.9. The molecule has 2 aromatic carbocycles. The standard InChI is InChI=1S/C22H26N2OS/c25-22(14-13-19-9-3-1-4-10-19)23-20-11-5-6-12-21(20)26-18-17-24-15-7-2-8-16-24/h1,3-6,9-14H,2,7-8,15-18H2,(H,23,25)/b14-13+. The number of hydrogen-bond donors (Lipinski definition) is 1. The summed E-state index contributed by atoms with van der Waals surface area (Å²) in [4.78, 5) is 15.9. The van der Waals surface area contributed by atoms with E-state index in [9.17, 15) is 4.79 Å². The molecule has 0 spiro atoms. The number of para-hydroxylation sites is 1. The van der Waals surface area contributed by atoms with Crippen LogP contribution in [0.1, 0.15) is 24.8 Å². The molecule has 0 saturated carbocycles. The minimum Gasteiger partial charge on any atom is -0.321 e. The van der Waals surface area contributed by atoms with Gasteiger partial charge in [-0.25, -0.2) is 0 Å². The maximum atomic E-state index is 12.2. The van der Waals surface area contributed by atoms with Crippen molar-refractivity contribution < 1.29 is 4.79 Å². The van der Waals surface area contributed by atoms with E-state index >= 15 is 0 Å². The van der Waals surface area contributed by atoms with Gasteiger partial charge in [0, 0.05) is 23.3 Å². The highest BCUT2D eigenvalue weighted by atomic mass is 32.2. The van der Waals surface area contributed by atoms with Crippen LogP contribution in [0.2, 0.25) is 0 Å². The molecule has 0 aromatic heterocycles. The number of carbonyl (C=O) groups is 1. The zero-order valence-corrected chi connectivity index (χ0v) is 15.9. The van der Waals surface area contributed by atoms with Crippen LogP contribution in [-0.4, -0.2) is 36.2 Å². The number of hydrogen-bond acceptors (Lipinski definition) is 3. The Hall–Kier alpha value is -2.04. The second-order valence-corrected chi connectivity index (χ2v) is 7.62. The van der Waals surface area contributed by atoms with Crippen molar-refractivity contribution in [2.45, 2.75) is 24.2 Å². The third-order valence-corrected chi connectivity index (χ3v) is 5.54. The van der Waals surface area contributed by atoms with Gasteiger partial charge in [0.1, 0.15) is 0 Å². The van der Waals surface area contributed by atoms with Crippen molar-refractivity contribution in [1.82, 2.24) is 4.90 Å². The first-order valence-electron chi connectivity index (χ1n) is 9.29. The highest BCUT2D eigenvalue weighted by molar-refractivity contribution is 7.99. The summed E-state index contributed by atoms with van der Waals surface area (Å²) in [5.41, 5.74) is 1.91. The van der Waals surface area contributed by atoms with Crippen molar-refractivity contribution in [3.05, 3.63) is 66.2 Å². The highest BCUT2D eigenvalue weighted by Crippen LogP contribution is 2.27. The van der Waals surface area contributed by atoms with Gasteiger partial charge in [-0.05, 0) is 49.7 Å². The number of benzene rings is 2. The average Bonchev–Trinajstić information content (AvgIpc) is 2.69. The fraction of sp³-hybridized carbons (Fsp3) is 0.318. The molecule has 4 heteroatoms.